The first-order valence-electron chi connectivity index (χ1n) is 5.48. The van der Waals surface area contributed by atoms with Gasteiger partial charge in [-0.3, -0.25) is 0 Å². The van der Waals surface area contributed by atoms with Crippen molar-refractivity contribution in [3.8, 4) is 11.8 Å². The zero-order valence-electron chi connectivity index (χ0n) is 10.4. The topological polar surface area (TPSA) is 70.8 Å². The number of nitrogens with zero attached hydrogens (tertiary/aromatic N) is 3. The minimum Gasteiger partial charge on any atom is -0.496 e. The van der Waals surface area contributed by atoms with Crippen molar-refractivity contribution in [1.29, 1.82) is 5.26 Å². The van der Waals surface area contributed by atoms with Crippen LogP contribution in [0, 0.1) is 18.3 Å². The Morgan fingerprint density at radius 1 is 1.32 bits per heavy atom. The molecule has 1 aromatic heterocycles. The number of nitriles is 1. The molecule has 0 radical (unpaired) electrons. The third kappa shape index (κ3) is 3.20. The average molecular weight is 319 g/mol. The van der Waals surface area contributed by atoms with Crippen LogP contribution in [0.5, 0.6) is 5.75 Å². The number of rotatable bonds is 3. The highest BCUT2D eigenvalue weighted by Crippen LogP contribution is 2.28. The Kier molecular flexibility index (Phi) is 3.97. The summed E-state index contributed by atoms with van der Waals surface area (Å²) in [5.74, 6) is 1.14. The van der Waals surface area contributed by atoms with Gasteiger partial charge in [0.05, 0.1) is 11.6 Å². The summed E-state index contributed by atoms with van der Waals surface area (Å²) in [4.78, 5) is 8.32. The van der Waals surface area contributed by atoms with E-state index >= 15 is 0 Å². The van der Waals surface area contributed by atoms with Gasteiger partial charge in [-0.25, -0.2) is 9.97 Å². The summed E-state index contributed by atoms with van der Waals surface area (Å²) in [5, 5.41) is 11.9. The SMILES string of the molecule is COc1ccc(Nc2nc(C)cc(C#N)n2)cc1Br. The predicted octanol–water partition coefficient (Wildman–Crippen LogP) is 3.17. The largest absolute Gasteiger partial charge is 0.496 e. The molecule has 6 heteroatoms. The highest BCUT2D eigenvalue weighted by Gasteiger charge is 2.05. The van der Waals surface area contributed by atoms with Gasteiger partial charge >= 0.3 is 0 Å². The third-order valence-corrected chi connectivity index (χ3v) is 3.00. The molecular weight excluding hydrogens is 308 g/mol. The molecule has 5 nitrogen and oxygen atoms in total. The Morgan fingerprint density at radius 2 is 2.11 bits per heavy atom. The molecule has 0 spiro atoms. The second-order valence-electron chi connectivity index (χ2n) is 3.80. The van der Waals surface area contributed by atoms with Crippen LogP contribution in [0.2, 0.25) is 0 Å². The number of ether oxygens (including phenoxy) is 1. The van der Waals surface area contributed by atoms with Gasteiger partial charge in [-0.1, -0.05) is 0 Å². The maximum atomic E-state index is 8.87. The number of methoxy groups -OCH3 is 1. The lowest BCUT2D eigenvalue weighted by atomic mass is 10.3. The number of hydrogen-bond acceptors (Lipinski definition) is 5. The minimum atomic E-state index is 0.336. The number of anilines is 2. The van der Waals surface area contributed by atoms with Crippen LogP contribution >= 0.6 is 15.9 Å². The maximum absolute atomic E-state index is 8.87. The first-order valence-corrected chi connectivity index (χ1v) is 6.28. The van der Waals surface area contributed by atoms with Crippen LogP contribution < -0.4 is 10.1 Å². The van der Waals surface area contributed by atoms with Gasteiger partial charge in [-0.2, -0.15) is 5.26 Å². The maximum Gasteiger partial charge on any atom is 0.228 e. The van der Waals surface area contributed by atoms with Crippen molar-refractivity contribution in [2.75, 3.05) is 12.4 Å². The molecule has 2 aromatic rings. The van der Waals surface area contributed by atoms with Gasteiger partial charge < -0.3 is 10.1 Å². The van der Waals surface area contributed by atoms with E-state index in [0.29, 0.717) is 11.6 Å². The first kappa shape index (κ1) is 13.3. The average Bonchev–Trinajstić information content (AvgIpc) is 2.38. The second-order valence-corrected chi connectivity index (χ2v) is 4.66. The van der Waals surface area contributed by atoms with Crippen LogP contribution in [0.3, 0.4) is 0 Å². The monoisotopic (exact) mass is 318 g/mol. The van der Waals surface area contributed by atoms with Gasteiger partial charge in [0.15, 0.2) is 0 Å². The van der Waals surface area contributed by atoms with Crippen LogP contribution in [-0.2, 0) is 0 Å². The normalized spacial score (nSPS) is 9.79. The zero-order chi connectivity index (χ0) is 13.8. The fourth-order valence-corrected chi connectivity index (χ4v) is 2.10. The van der Waals surface area contributed by atoms with Crippen molar-refractivity contribution >= 4 is 27.6 Å². The Morgan fingerprint density at radius 3 is 2.74 bits per heavy atom. The lowest BCUT2D eigenvalue weighted by molar-refractivity contribution is 0.412. The van der Waals surface area contributed by atoms with E-state index in [-0.39, 0.29) is 0 Å². The van der Waals surface area contributed by atoms with E-state index in [0.717, 1.165) is 21.6 Å². The van der Waals surface area contributed by atoms with E-state index in [1.165, 1.54) is 0 Å². The summed E-state index contributed by atoms with van der Waals surface area (Å²) in [6.45, 7) is 1.82. The number of halogens is 1. The van der Waals surface area contributed by atoms with Gasteiger partial charge in [0.2, 0.25) is 5.95 Å². The third-order valence-electron chi connectivity index (χ3n) is 2.38. The Hall–Kier alpha value is -2.13. The van der Waals surface area contributed by atoms with Gasteiger partial charge in [0.1, 0.15) is 17.5 Å². The second kappa shape index (κ2) is 5.67. The summed E-state index contributed by atoms with van der Waals surface area (Å²) < 4.78 is 5.98. The zero-order valence-corrected chi connectivity index (χ0v) is 12.0. The molecule has 0 aliphatic carbocycles. The molecule has 0 aliphatic heterocycles. The van der Waals surface area contributed by atoms with E-state index in [9.17, 15) is 0 Å². The van der Waals surface area contributed by atoms with Crippen molar-refractivity contribution in [2.24, 2.45) is 0 Å². The predicted molar refractivity (Wildman–Crippen MR) is 75.5 cm³/mol. The Balaban J connectivity index is 2.29. The van der Waals surface area contributed by atoms with Gasteiger partial charge in [0, 0.05) is 11.4 Å². The summed E-state index contributed by atoms with van der Waals surface area (Å²) in [5.41, 5.74) is 1.88. The van der Waals surface area contributed by atoms with Crippen molar-refractivity contribution in [1.82, 2.24) is 9.97 Å². The molecule has 0 aliphatic rings. The molecule has 0 atom stereocenters. The minimum absolute atomic E-state index is 0.336. The van der Waals surface area contributed by atoms with Crippen molar-refractivity contribution in [3.05, 3.63) is 40.1 Å². The van der Waals surface area contributed by atoms with Crippen molar-refractivity contribution < 1.29 is 4.74 Å². The standard InChI is InChI=1S/C13H11BrN4O/c1-8-5-10(7-15)18-13(16-8)17-9-3-4-12(19-2)11(14)6-9/h3-6H,1-2H3,(H,16,17,18). The molecule has 0 amide bonds. The van der Waals surface area contributed by atoms with E-state index in [2.05, 4.69) is 31.2 Å². The quantitative estimate of drug-likeness (QED) is 0.941. The van der Waals surface area contributed by atoms with Crippen LogP contribution in [-0.4, -0.2) is 17.1 Å². The highest BCUT2D eigenvalue weighted by atomic mass is 79.9. The van der Waals surface area contributed by atoms with Gasteiger partial charge in [-0.15, -0.1) is 0 Å². The molecule has 19 heavy (non-hydrogen) atoms. The number of hydrogen-bond donors (Lipinski definition) is 1. The van der Waals surface area contributed by atoms with Gasteiger partial charge in [-0.05, 0) is 47.1 Å². The molecule has 0 unspecified atom stereocenters. The highest BCUT2D eigenvalue weighted by molar-refractivity contribution is 9.10. The molecular formula is C13H11BrN4O. The molecule has 0 saturated heterocycles. The Bertz CT molecular complexity index is 652. The van der Waals surface area contributed by atoms with Crippen LogP contribution in [0.15, 0.2) is 28.7 Å². The van der Waals surface area contributed by atoms with Crippen molar-refractivity contribution in [2.45, 2.75) is 6.92 Å². The fourth-order valence-electron chi connectivity index (χ4n) is 1.55. The molecule has 0 bridgehead atoms. The van der Waals surface area contributed by atoms with E-state index in [1.807, 2.05) is 31.2 Å². The number of aromatic nitrogens is 2. The smallest absolute Gasteiger partial charge is 0.228 e. The first-order chi connectivity index (χ1) is 9.12. The van der Waals surface area contributed by atoms with E-state index in [1.54, 1.807) is 13.2 Å². The summed E-state index contributed by atoms with van der Waals surface area (Å²) in [6.07, 6.45) is 0. The van der Waals surface area contributed by atoms with Crippen LogP contribution in [0.1, 0.15) is 11.4 Å². The molecule has 96 valence electrons. The summed E-state index contributed by atoms with van der Waals surface area (Å²) in [7, 11) is 1.61. The van der Waals surface area contributed by atoms with Gasteiger partial charge in [0.25, 0.3) is 0 Å². The Labute approximate surface area is 119 Å². The van der Waals surface area contributed by atoms with E-state index < -0.39 is 0 Å². The number of nitrogens with one attached hydrogen (secondary N) is 1. The summed E-state index contributed by atoms with van der Waals surface area (Å²) >= 11 is 3.41. The molecule has 1 N–H and O–H groups in total. The van der Waals surface area contributed by atoms with Crippen LogP contribution in [0.4, 0.5) is 11.6 Å². The summed E-state index contributed by atoms with van der Waals surface area (Å²) in [6, 6.07) is 9.17. The molecule has 0 saturated carbocycles. The van der Waals surface area contributed by atoms with E-state index in [4.69, 9.17) is 10.00 Å². The number of benzene rings is 1. The molecule has 2 rings (SSSR count). The lowest BCUT2D eigenvalue weighted by Crippen LogP contribution is -2.00. The molecule has 1 heterocycles. The molecule has 1 aromatic carbocycles. The van der Waals surface area contributed by atoms with Crippen LogP contribution in [0.25, 0.3) is 0 Å². The molecule has 0 fully saturated rings. The fraction of sp³-hybridized carbons (Fsp3) is 0.154. The lowest BCUT2D eigenvalue weighted by Gasteiger charge is -2.08. The van der Waals surface area contributed by atoms with Crippen molar-refractivity contribution in [3.63, 3.8) is 0 Å². The number of aryl methyl sites for hydroxylation is 1.